The van der Waals surface area contributed by atoms with Gasteiger partial charge in [-0.15, -0.1) is 0 Å². The molecule has 90 valence electrons. The van der Waals surface area contributed by atoms with Crippen molar-refractivity contribution in [2.45, 2.75) is 33.9 Å². The van der Waals surface area contributed by atoms with Crippen LogP contribution in [-0.4, -0.2) is 44.0 Å². The molecule has 0 aromatic heterocycles. The van der Waals surface area contributed by atoms with Crippen molar-refractivity contribution in [1.82, 2.24) is 4.90 Å². The van der Waals surface area contributed by atoms with Gasteiger partial charge in [-0.25, -0.2) is 0 Å². The number of hydrogen-bond acceptors (Lipinski definition) is 3. The van der Waals surface area contributed by atoms with Crippen LogP contribution < -0.4 is 0 Å². The third-order valence-corrected chi connectivity index (χ3v) is 2.40. The first-order valence-electron chi connectivity index (χ1n) is 6.03. The molecule has 1 unspecified atom stereocenters. The molecule has 0 N–H and O–H groups in total. The fourth-order valence-electron chi connectivity index (χ4n) is 1.93. The van der Waals surface area contributed by atoms with Gasteiger partial charge in [-0.1, -0.05) is 27.7 Å². The van der Waals surface area contributed by atoms with Gasteiger partial charge >= 0.3 is 0 Å². The first-order chi connectivity index (χ1) is 7.09. The van der Waals surface area contributed by atoms with E-state index in [1.807, 2.05) is 0 Å². The molecule has 1 aliphatic heterocycles. The second-order valence-corrected chi connectivity index (χ2v) is 5.14. The molecule has 3 nitrogen and oxygen atoms in total. The summed E-state index contributed by atoms with van der Waals surface area (Å²) in [5.41, 5.74) is 0. The minimum absolute atomic E-state index is 0.170. The Bertz CT molecular complexity index is 155. The predicted octanol–water partition coefficient (Wildman–Crippen LogP) is 1.97. The molecule has 15 heavy (non-hydrogen) atoms. The summed E-state index contributed by atoms with van der Waals surface area (Å²) in [6, 6.07) is 0. The van der Waals surface area contributed by atoms with Crippen LogP contribution >= 0.6 is 0 Å². The lowest BCUT2D eigenvalue weighted by atomic mass is 10.1. The van der Waals surface area contributed by atoms with Gasteiger partial charge in [0.15, 0.2) is 0 Å². The molecule has 0 radical (unpaired) electrons. The Labute approximate surface area is 93.7 Å². The van der Waals surface area contributed by atoms with Gasteiger partial charge in [-0.3, -0.25) is 4.90 Å². The SMILES string of the molecule is CC(C)CN(CC(C)C)C1COCCO1. The van der Waals surface area contributed by atoms with E-state index in [1.54, 1.807) is 0 Å². The van der Waals surface area contributed by atoms with E-state index in [0.717, 1.165) is 32.9 Å². The quantitative estimate of drug-likeness (QED) is 0.700. The molecule has 0 aromatic rings. The van der Waals surface area contributed by atoms with E-state index in [1.165, 1.54) is 0 Å². The molecule has 0 amide bonds. The number of hydrogen-bond donors (Lipinski definition) is 0. The lowest BCUT2D eigenvalue weighted by molar-refractivity contribution is -0.158. The summed E-state index contributed by atoms with van der Waals surface area (Å²) < 4.78 is 11.2. The summed E-state index contributed by atoms with van der Waals surface area (Å²) in [5.74, 6) is 1.35. The second kappa shape index (κ2) is 6.46. The van der Waals surface area contributed by atoms with Crippen LogP contribution in [-0.2, 0) is 9.47 Å². The molecule has 0 aromatic carbocycles. The zero-order valence-corrected chi connectivity index (χ0v) is 10.5. The summed E-state index contributed by atoms with van der Waals surface area (Å²) in [5, 5.41) is 0. The van der Waals surface area contributed by atoms with Gasteiger partial charge in [0.1, 0.15) is 6.23 Å². The molecule has 3 heteroatoms. The van der Waals surface area contributed by atoms with Crippen molar-refractivity contribution in [3.8, 4) is 0 Å². The maximum Gasteiger partial charge on any atom is 0.134 e. The van der Waals surface area contributed by atoms with Crippen LogP contribution in [0, 0.1) is 11.8 Å². The molecule has 1 fully saturated rings. The normalized spacial score (nSPS) is 23.0. The minimum atomic E-state index is 0.170. The average Bonchev–Trinajstić information content (AvgIpc) is 2.17. The Morgan fingerprint density at radius 1 is 1.07 bits per heavy atom. The smallest absolute Gasteiger partial charge is 0.134 e. The van der Waals surface area contributed by atoms with Crippen LogP contribution in [0.15, 0.2) is 0 Å². The summed E-state index contributed by atoms with van der Waals surface area (Å²) in [6.45, 7) is 13.4. The van der Waals surface area contributed by atoms with E-state index in [2.05, 4.69) is 32.6 Å². The first kappa shape index (κ1) is 12.9. The van der Waals surface area contributed by atoms with E-state index in [-0.39, 0.29) is 6.23 Å². The standard InChI is InChI=1S/C12H25NO2/c1-10(2)7-13(8-11(3)4)12-9-14-5-6-15-12/h10-12H,5-9H2,1-4H3. The van der Waals surface area contributed by atoms with E-state index in [9.17, 15) is 0 Å². The number of nitrogens with zero attached hydrogens (tertiary/aromatic N) is 1. The summed E-state index contributed by atoms with van der Waals surface area (Å²) >= 11 is 0. The molecule has 1 aliphatic rings. The monoisotopic (exact) mass is 215 g/mol. The molecular formula is C12H25NO2. The van der Waals surface area contributed by atoms with E-state index in [0.29, 0.717) is 11.8 Å². The lowest BCUT2D eigenvalue weighted by Crippen LogP contribution is -2.47. The van der Waals surface area contributed by atoms with E-state index in [4.69, 9.17) is 9.47 Å². The fraction of sp³-hybridized carbons (Fsp3) is 1.00. The van der Waals surface area contributed by atoms with Gasteiger partial charge in [0, 0.05) is 13.1 Å². The second-order valence-electron chi connectivity index (χ2n) is 5.14. The molecular weight excluding hydrogens is 190 g/mol. The summed E-state index contributed by atoms with van der Waals surface area (Å²) in [7, 11) is 0. The topological polar surface area (TPSA) is 21.7 Å². The maximum atomic E-state index is 5.74. The van der Waals surface area contributed by atoms with Crippen LogP contribution in [0.1, 0.15) is 27.7 Å². The van der Waals surface area contributed by atoms with Crippen LogP contribution in [0.4, 0.5) is 0 Å². The van der Waals surface area contributed by atoms with Crippen molar-refractivity contribution in [3.05, 3.63) is 0 Å². The van der Waals surface area contributed by atoms with Gasteiger partial charge in [0.2, 0.25) is 0 Å². The van der Waals surface area contributed by atoms with Crippen molar-refractivity contribution in [2.24, 2.45) is 11.8 Å². The molecule has 0 saturated carbocycles. The molecule has 1 heterocycles. The summed E-state index contributed by atoms with van der Waals surface area (Å²) in [4.78, 5) is 2.41. The third-order valence-electron chi connectivity index (χ3n) is 2.40. The molecule has 0 spiro atoms. The van der Waals surface area contributed by atoms with E-state index < -0.39 is 0 Å². The highest BCUT2D eigenvalue weighted by atomic mass is 16.6. The van der Waals surface area contributed by atoms with E-state index >= 15 is 0 Å². The Morgan fingerprint density at radius 3 is 2.07 bits per heavy atom. The highest BCUT2D eigenvalue weighted by molar-refractivity contribution is 4.68. The van der Waals surface area contributed by atoms with Gasteiger partial charge < -0.3 is 9.47 Å². The first-order valence-corrected chi connectivity index (χ1v) is 6.03. The average molecular weight is 215 g/mol. The highest BCUT2D eigenvalue weighted by Gasteiger charge is 2.23. The Hall–Kier alpha value is -0.120. The maximum absolute atomic E-state index is 5.74. The van der Waals surface area contributed by atoms with Crippen molar-refractivity contribution < 1.29 is 9.47 Å². The highest BCUT2D eigenvalue weighted by Crippen LogP contribution is 2.12. The summed E-state index contributed by atoms with van der Waals surface area (Å²) in [6.07, 6.45) is 0.170. The van der Waals surface area contributed by atoms with Gasteiger partial charge in [0.05, 0.1) is 19.8 Å². The van der Waals surface area contributed by atoms with Crippen LogP contribution in [0.5, 0.6) is 0 Å². The minimum Gasteiger partial charge on any atom is -0.375 e. The van der Waals surface area contributed by atoms with Gasteiger partial charge in [0.25, 0.3) is 0 Å². The van der Waals surface area contributed by atoms with Crippen molar-refractivity contribution in [1.29, 1.82) is 0 Å². The molecule has 0 bridgehead atoms. The number of rotatable bonds is 5. The zero-order valence-electron chi connectivity index (χ0n) is 10.5. The molecule has 0 aliphatic carbocycles. The zero-order chi connectivity index (χ0) is 11.3. The molecule has 1 rings (SSSR count). The molecule has 1 atom stereocenters. The van der Waals surface area contributed by atoms with Crippen molar-refractivity contribution >= 4 is 0 Å². The third kappa shape index (κ3) is 4.96. The largest absolute Gasteiger partial charge is 0.375 e. The predicted molar refractivity (Wildman–Crippen MR) is 61.8 cm³/mol. The lowest BCUT2D eigenvalue weighted by Gasteiger charge is -2.36. The van der Waals surface area contributed by atoms with Crippen LogP contribution in [0.3, 0.4) is 0 Å². The Morgan fingerprint density at radius 2 is 1.67 bits per heavy atom. The van der Waals surface area contributed by atoms with Gasteiger partial charge in [-0.2, -0.15) is 0 Å². The van der Waals surface area contributed by atoms with Crippen LogP contribution in [0.2, 0.25) is 0 Å². The number of ether oxygens (including phenoxy) is 2. The Kier molecular flexibility index (Phi) is 5.58. The fourth-order valence-corrected chi connectivity index (χ4v) is 1.93. The van der Waals surface area contributed by atoms with Crippen molar-refractivity contribution in [2.75, 3.05) is 32.9 Å². The van der Waals surface area contributed by atoms with Crippen LogP contribution in [0.25, 0.3) is 0 Å². The molecule has 1 saturated heterocycles. The Balaban J connectivity index is 2.45. The van der Waals surface area contributed by atoms with Gasteiger partial charge in [-0.05, 0) is 11.8 Å². The van der Waals surface area contributed by atoms with Crippen molar-refractivity contribution in [3.63, 3.8) is 0 Å².